The smallest absolute Gasteiger partial charge is 0.115 e. The molecule has 1 N–H and O–H groups in total. The molecule has 2 aliphatic rings. The second-order valence-corrected chi connectivity index (χ2v) is 6.43. The Morgan fingerprint density at radius 1 is 1.40 bits per heavy atom. The summed E-state index contributed by atoms with van der Waals surface area (Å²) in [5.41, 5.74) is 1.83. The minimum Gasteiger partial charge on any atom is -0.508 e. The Morgan fingerprint density at radius 2 is 2.20 bits per heavy atom. The number of rotatable bonds is 0. The van der Waals surface area contributed by atoms with Crippen molar-refractivity contribution in [3.8, 4) is 5.75 Å². The summed E-state index contributed by atoms with van der Waals surface area (Å²) >= 11 is 1.96. The van der Waals surface area contributed by atoms with Gasteiger partial charge in [0, 0.05) is 10.1 Å². The van der Waals surface area contributed by atoms with Crippen LogP contribution in [0.25, 0.3) is 0 Å². The summed E-state index contributed by atoms with van der Waals surface area (Å²) in [5.74, 6) is 0.426. The molecule has 1 unspecified atom stereocenters. The fourth-order valence-electron chi connectivity index (χ4n) is 3.03. The normalized spacial score (nSPS) is 27.1. The molecule has 0 saturated heterocycles. The van der Waals surface area contributed by atoms with Crippen molar-refractivity contribution >= 4 is 11.8 Å². The summed E-state index contributed by atoms with van der Waals surface area (Å²) in [6.45, 7) is 2.32. The molecule has 1 spiro atoms. The zero-order valence-corrected chi connectivity index (χ0v) is 9.81. The predicted molar refractivity (Wildman–Crippen MR) is 63.6 cm³/mol. The SMILES string of the molecule is CC1CC2(CCC2)c2cc(O)ccc2S1. The van der Waals surface area contributed by atoms with E-state index in [9.17, 15) is 5.11 Å². The van der Waals surface area contributed by atoms with Crippen molar-refractivity contribution in [3.63, 3.8) is 0 Å². The molecule has 80 valence electrons. The van der Waals surface area contributed by atoms with Gasteiger partial charge in [0.25, 0.3) is 0 Å². The summed E-state index contributed by atoms with van der Waals surface area (Å²) in [6, 6.07) is 5.90. The molecule has 1 nitrogen and oxygen atoms in total. The summed E-state index contributed by atoms with van der Waals surface area (Å²) in [4.78, 5) is 1.39. The van der Waals surface area contributed by atoms with Gasteiger partial charge in [0.05, 0.1) is 0 Å². The van der Waals surface area contributed by atoms with E-state index in [0.717, 1.165) is 5.25 Å². The number of aromatic hydroxyl groups is 1. The van der Waals surface area contributed by atoms with Crippen LogP contribution in [0, 0.1) is 0 Å². The van der Waals surface area contributed by atoms with Crippen LogP contribution in [-0.2, 0) is 5.41 Å². The molecule has 0 amide bonds. The van der Waals surface area contributed by atoms with Gasteiger partial charge >= 0.3 is 0 Å². The first-order valence-corrected chi connectivity index (χ1v) is 6.58. The molecule has 3 rings (SSSR count). The zero-order valence-electron chi connectivity index (χ0n) is 8.99. The van der Waals surface area contributed by atoms with Crippen molar-refractivity contribution < 1.29 is 5.11 Å². The third kappa shape index (κ3) is 1.38. The quantitative estimate of drug-likeness (QED) is 0.719. The molecule has 15 heavy (non-hydrogen) atoms. The van der Waals surface area contributed by atoms with Crippen LogP contribution in [0.1, 0.15) is 38.2 Å². The Kier molecular flexibility index (Phi) is 2.03. The van der Waals surface area contributed by atoms with Crippen LogP contribution in [0.2, 0.25) is 0 Å². The molecule has 2 heteroatoms. The van der Waals surface area contributed by atoms with Crippen LogP contribution in [-0.4, -0.2) is 10.4 Å². The standard InChI is InChI=1S/C13H16OS/c1-9-8-13(5-2-6-13)11-7-10(14)3-4-12(11)15-9/h3-4,7,9,14H,2,5-6,8H2,1H3. The number of fused-ring (bicyclic) bond motifs is 2. The average molecular weight is 220 g/mol. The van der Waals surface area contributed by atoms with Gasteiger partial charge in [0.2, 0.25) is 0 Å². The second kappa shape index (κ2) is 3.18. The first-order chi connectivity index (χ1) is 7.20. The maximum atomic E-state index is 9.60. The predicted octanol–water partition coefficient (Wildman–Crippen LogP) is 3.70. The van der Waals surface area contributed by atoms with Crippen LogP contribution in [0.15, 0.2) is 23.1 Å². The number of thioether (sulfide) groups is 1. The Hall–Kier alpha value is -0.630. The molecule has 1 aromatic carbocycles. The van der Waals surface area contributed by atoms with Crippen LogP contribution in [0.3, 0.4) is 0 Å². The number of phenolic OH excluding ortho intramolecular Hbond substituents is 1. The van der Waals surface area contributed by atoms with Gasteiger partial charge in [-0.2, -0.15) is 0 Å². The lowest BCUT2D eigenvalue weighted by molar-refractivity contribution is 0.218. The zero-order chi connectivity index (χ0) is 10.5. The van der Waals surface area contributed by atoms with Gasteiger partial charge in [-0.25, -0.2) is 0 Å². The van der Waals surface area contributed by atoms with E-state index in [1.54, 1.807) is 0 Å². The van der Waals surface area contributed by atoms with E-state index in [1.165, 1.54) is 36.1 Å². The molecule has 1 atom stereocenters. The van der Waals surface area contributed by atoms with Crippen molar-refractivity contribution in [1.82, 2.24) is 0 Å². The lowest BCUT2D eigenvalue weighted by atomic mass is 9.62. The van der Waals surface area contributed by atoms with Crippen LogP contribution in [0.5, 0.6) is 5.75 Å². The Morgan fingerprint density at radius 3 is 2.87 bits per heavy atom. The highest BCUT2D eigenvalue weighted by atomic mass is 32.2. The number of hydrogen-bond donors (Lipinski definition) is 1. The van der Waals surface area contributed by atoms with Crippen LogP contribution < -0.4 is 0 Å². The molecule has 1 saturated carbocycles. The van der Waals surface area contributed by atoms with Gasteiger partial charge in [-0.3, -0.25) is 0 Å². The minimum absolute atomic E-state index is 0.415. The van der Waals surface area contributed by atoms with Crippen molar-refractivity contribution in [2.75, 3.05) is 0 Å². The molecule has 1 heterocycles. The molecule has 0 radical (unpaired) electrons. The van der Waals surface area contributed by atoms with Crippen LogP contribution in [0.4, 0.5) is 0 Å². The number of phenols is 1. The molecule has 1 fully saturated rings. The van der Waals surface area contributed by atoms with E-state index >= 15 is 0 Å². The van der Waals surface area contributed by atoms with E-state index in [0.29, 0.717) is 11.2 Å². The number of benzene rings is 1. The summed E-state index contributed by atoms with van der Waals surface area (Å²) in [5, 5.41) is 10.3. The highest BCUT2D eigenvalue weighted by Crippen LogP contribution is 2.55. The van der Waals surface area contributed by atoms with E-state index in [4.69, 9.17) is 0 Å². The fourth-order valence-corrected chi connectivity index (χ4v) is 4.42. The van der Waals surface area contributed by atoms with Crippen molar-refractivity contribution in [3.05, 3.63) is 23.8 Å². The van der Waals surface area contributed by atoms with E-state index in [2.05, 4.69) is 13.0 Å². The topological polar surface area (TPSA) is 20.2 Å². The summed E-state index contributed by atoms with van der Waals surface area (Å²) in [6.07, 6.45) is 5.27. The highest BCUT2D eigenvalue weighted by Gasteiger charge is 2.44. The van der Waals surface area contributed by atoms with Gasteiger partial charge in [0.1, 0.15) is 5.75 Å². The van der Waals surface area contributed by atoms with E-state index < -0.39 is 0 Å². The maximum absolute atomic E-state index is 9.60. The average Bonchev–Trinajstić information content (AvgIpc) is 2.15. The lowest BCUT2D eigenvalue weighted by Crippen LogP contribution is -2.39. The Labute approximate surface area is 94.9 Å². The molecular weight excluding hydrogens is 204 g/mol. The fraction of sp³-hybridized carbons (Fsp3) is 0.538. The number of hydrogen-bond acceptors (Lipinski definition) is 2. The highest BCUT2D eigenvalue weighted by molar-refractivity contribution is 8.00. The molecular formula is C13H16OS. The van der Waals surface area contributed by atoms with Gasteiger partial charge in [-0.05, 0) is 48.4 Å². The summed E-state index contributed by atoms with van der Waals surface area (Å²) in [7, 11) is 0. The van der Waals surface area contributed by atoms with Gasteiger partial charge in [0.15, 0.2) is 0 Å². The van der Waals surface area contributed by atoms with Gasteiger partial charge in [-0.1, -0.05) is 13.3 Å². The van der Waals surface area contributed by atoms with Crippen molar-refractivity contribution in [2.24, 2.45) is 0 Å². The lowest BCUT2D eigenvalue weighted by Gasteiger charge is -2.48. The molecule has 0 bridgehead atoms. The third-order valence-electron chi connectivity index (χ3n) is 3.85. The molecule has 0 aromatic heterocycles. The van der Waals surface area contributed by atoms with Crippen LogP contribution >= 0.6 is 11.8 Å². The van der Waals surface area contributed by atoms with E-state index in [1.807, 2.05) is 23.9 Å². The maximum Gasteiger partial charge on any atom is 0.115 e. The largest absolute Gasteiger partial charge is 0.508 e. The Bertz CT molecular complexity index is 396. The third-order valence-corrected chi connectivity index (χ3v) is 5.03. The molecule has 1 aliphatic carbocycles. The van der Waals surface area contributed by atoms with Crippen molar-refractivity contribution in [1.29, 1.82) is 0 Å². The molecule has 1 aliphatic heterocycles. The van der Waals surface area contributed by atoms with Gasteiger partial charge < -0.3 is 5.11 Å². The van der Waals surface area contributed by atoms with Gasteiger partial charge in [-0.15, -0.1) is 11.8 Å². The van der Waals surface area contributed by atoms with Crippen molar-refractivity contribution in [2.45, 2.75) is 48.2 Å². The summed E-state index contributed by atoms with van der Waals surface area (Å²) < 4.78 is 0. The van der Waals surface area contributed by atoms with E-state index in [-0.39, 0.29) is 0 Å². The second-order valence-electron chi connectivity index (χ2n) is 4.95. The molecule has 1 aromatic rings. The minimum atomic E-state index is 0.415. The Balaban J connectivity index is 2.11. The first-order valence-electron chi connectivity index (χ1n) is 5.70. The first kappa shape index (κ1) is 9.59. The monoisotopic (exact) mass is 220 g/mol.